The Labute approximate surface area is 98.5 Å². The van der Waals surface area contributed by atoms with Gasteiger partial charge in [-0.15, -0.1) is 0 Å². The minimum atomic E-state index is 0.306. The minimum absolute atomic E-state index is 0.306. The molecule has 1 atom stereocenters. The van der Waals surface area contributed by atoms with Gasteiger partial charge in [-0.3, -0.25) is 4.57 Å². The summed E-state index contributed by atoms with van der Waals surface area (Å²) >= 11 is 5.29. The standard InChI is InChI=1S/C10H14N4OS/c1-4-6(2)14-8-7(13-10(14)16)9(15-3)12-5-11-8/h5-6H,4H2,1-3H3,(H,13,16). The molecule has 0 spiro atoms. The molecule has 0 aliphatic carbocycles. The molecule has 0 aliphatic rings. The molecular weight excluding hydrogens is 224 g/mol. The lowest BCUT2D eigenvalue weighted by atomic mass is 10.2. The molecule has 0 aliphatic heterocycles. The Balaban J connectivity index is 2.76. The number of rotatable bonds is 3. The molecule has 0 amide bonds. The molecule has 2 aromatic rings. The summed E-state index contributed by atoms with van der Waals surface area (Å²) in [7, 11) is 1.58. The molecule has 0 fully saturated rings. The van der Waals surface area contributed by atoms with Crippen LogP contribution in [0.5, 0.6) is 5.88 Å². The molecule has 2 aromatic heterocycles. The van der Waals surface area contributed by atoms with Crippen molar-refractivity contribution < 1.29 is 4.74 Å². The maximum Gasteiger partial charge on any atom is 0.242 e. The van der Waals surface area contributed by atoms with Gasteiger partial charge < -0.3 is 9.72 Å². The van der Waals surface area contributed by atoms with Crippen molar-refractivity contribution in [1.29, 1.82) is 0 Å². The molecule has 0 radical (unpaired) electrons. The van der Waals surface area contributed by atoms with E-state index < -0.39 is 0 Å². The van der Waals surface area contributed by atoms with Gasteiger partial charge in [0, 0.05) is 6.04 Å². The Morgan fingerprint density at radius 2 is 2.31 bits per heavy atom. The second kappa shape index (κ2) is 4.21. The number of imidazole rings is 1. The summed E-state index contributed by atoms with van der Waals surface area (Å²) < 4.78 is 7.82. The smallest absolute Gasteiger partial charge is 0.242 e. The number of nitrogens with zero attached hydrogens (tertiary/aromatic N) is 3. The third-order valence-corrected chi connectivity index (χ3v) is 3.00. The predicted molar refractivity (Wildman–Crippen MR) is 64.3 cm³/mol. The van der Waals surface area contributed by atoms with Crippen LogP contribution in [0.15, 0.2) is 6.33 Å². The molecule has 0 bridgehead atoms. The van der Waals surface area contributed by atoms with Crippen LogP contribution < -0.4 is 4.74 Å². The van der Waals surface area contributed by atoms with E-state index in [1.807, 2.05) is 4.57 Å². The van der Waals surface area contributed by atoms with E-state index in [0.29, 0.717) is 16.7 Å². The van der Waals surface area contributed by atoms with E-state index in [9.17, 15) is 0 Å². The lowest BCUT2D eigenvalue weighted by Gasteiger charge is -2.10. The van der Waals surface area contributed by atoms with Gasteiger partial charge in [0.25, 0.3) is 0 Å². The Bertz CT molecular complexity index is 559. The van der Waals surface area contributed by atoms with Crippen LogP contribution in [0.2, 0.25) is 0 Å². The van der Waals surface area contributed by atoms with Crippen LogP contribution in [0.25, 0.3) is 11.2 Å². The summed E-state index contributed by atoms with van der Waals surface area (Å²) in [6.07, 6.45) is 2.48. The Morgan fingerprint density at radius 1 is 1.56 bits per heavy atom. The second-order valence-electron chi connectivity index (χ2n) is 3.64. The van der Waals surface area contributed by atoms with E-state index in [1.54, 1.807) is 7.11 Å². The zero-order valence-electron chi connectivity index (χ0n) is 9.52. The summed E-state index contributed by atoms with van der Waals surface area (Å²) in [5, 5.41) is 0. The van der Waals surface area contributed by atoms with Crippen molar-refractivity contribution in [1.82, 2.24) is 19.5 Å². The highest BCUT2D eigenvalue weighted by Gasteiger charge is 2.14. The largest absolute Gasteiger partial charge is 0.479 e. The van der Waals surface area contributed by atoms with Crippen LogP contribution in [-0.2, 0) is 0 Å². The van der Waals surface area contributed by atoms with Crippen molar-refractivity contribution in [2.75, 3.05) is 7.11 Å². The summed E-state index contributed by atoms with van der Waals surface area (Å²) in [6.45, 7) is 4.22. The molecule has 2 heterocycles. The number of H-pyrrole nitrogens is 1. The highest BCUT2D eigenvalue weighted by atomic mass is 32.1. The normalized spacial score (nSPS) is 12.9. The van der Waals surface area contributed by atoms with Crippen molar-refractivity contribution in [3.63, 3.8) is 0 Å². The number of hydrogen-bond acceptors (Lipinski definition) is 4. The van der Waals surface area contributed by atoms with E-state index in [4.69, 9.17) is 17.0 Å². The van der Waals surface area contributed by atoms with Crippen LogP contribution in [0, 0.1) is 4.77 Å². The lowest BCUT2D eigenvalue weighted by Crippen LogP contribution is -2.04. The van der Waals surface area contributed by atoms with E-state index in [1.165, 1.54) is 6.33 Å². The Hall–Kier alpha value is -1.43. The maximum absolute atomic E-state index is 5.29. The first-order chi connectivity index (χ1) is 7.69. The average Bonchev–Trinajstić information content (AvgIpc) is 2.63. The van der Waals surface area contributed by atoms with Crippen molar-refractivity contribution >= 4 is 23.4 Å². The zero-order valence-corrected chi connectivity index (χ0v) is 10.3. The molecule has 6 heteroatoms. The maximum atomic E-state index is 5.29. The van der Waals surface area contributed by atoms with E-state index >= 15 is 0 Å². The molecule has 0 saturated carbocycles. The average molecular weight is 238 g/mol. The highest BCUT2D eigenvalue weighted by Crippen LogP contribution is 2.23. The van der Waals surface area contributed by atoms with Crippen LogP contribution >= 0.6 is 12.2 Å². The number of hydrogen-bond donors (Lipinski definition) is 1. The van der Waals surface area contributed by atoms with Gasteiger partial charge in [0.2, 0.25) is 5.88 Å². The van der Waals surface area contributed by atoms with E-state index in [2.05, 4.69) is 28.8 Å². The molecule has 2 rings (SSSR count). The van der Waals surface area contributed by atoms with E-state index in [-0.39, 0.29) is 0 Å². The fourth-order valence-electron chi connectivity index (χ4n) is 1.66. The van der Waals surface area contributed by atoms with Crippen molar-refractivity contribution in [3.05, 3.63) is 11.1 Å². The minimum Gasteiger partial charge on any atom is -0.479 e. The first kappa shape index (κ1) is 11.1. The number of fused-ring (bicyclic) bond motifs is 1. The van der Waals surface area contributed by atoms with Gasteiger partial charge in [0.05, 0.1) is 7.11 Å². The summed E-state index contributed by atoms with van der Waals surface area (Å²) in [4.78, 5) is 11.4. The van der Waals surface area contributed by atoms with Gasteiger partial charge in [0.15, 0.2) is 10.4 Å². The second-order valence-corrected chi connectivity index (χ2v) is 4.03. The topological polar surface area (TPSA) is 55.7 Å². The lowest BCUT2D eigenvalue weighted by molar-refractivity contribution is 0.401. The molecule has 86 valence electrons. The molecule has 0 saturated heterocycles. The monoisotopic (exact) mass is 238 g/mol. The van der Waals surface area contributed by atoms with Gasteiger partial charge in [-0.25, -0.2) is 4.98 Å². The SMILES string of the molecule is CCC(C)n1c(=S)[nH]c2c(OC)ncnc21. The fourth-order valence-corrected chi connectivity index (χ4v) is 2.03. The fraction of sp³-hybridized carbons (Fsp3) is 0.500. The Kier molecular flexibility index (Phi) is 2.91. The van der Waals surface area contributed by atoms with Crippen LogP contribution in [-0.4, -0.2) is 26.6 Å². The van der Waals surface area contributed by atoms with Crippen molar-refractivity contribution in [2.45, 2.75) is 26.3 Å². The molecule has 5 nitrogen and oxygen atoms in total. The van der Waals surface area contributed by atoms with Gasteiger partial charge in [-0.05, 0) is 25.6 Å². The van der Waals surface area contributed by atoms with Gasteiger partial charge in [-0.1, -0.05) is 6.92 Å². The number of methoxy groups -OCH3 is 1. The highest BCUT2D eigenvalue weighted by molar-refractivity contribution is 7.71. The molecule has 0 aromatic carbocycles. The number of aromatic nitrogens is 4. The van der Waals surface area contributed by atoms with Gasteiger partial charge in [-0.2, -0.15) is 4.98 Å². The molecule has 1 unspecified atom stereocenters. The number of nitrogens with one attached hydrogen (secondary N) is 1. The van der Waals surface area contributed by atoms with Crippen LogP contribution in [0.1, 0.15) is 26.3 Å². The van der Waals surface area contributed by atoms with E-state index in [0.717, 1.165) is 17.6 Å². The molecule has 16 heavy (non-hydrogen) atoms. The molecular formula is C10H14N4OS. The molecule has 1 N–H and O–H groups in total. The van der Waals surface area contributed by atoms with Crippen molar-refractivity contribution in [3.8, 4) is 5.88 Å². The summed E-state index contributed by atoms with van der Waals surface area (Å²) in [5.41, 5.74) is 1.56. The third kappa shape index (κ3) is 1.59. The first-order valence-electron chi connectivity index (χ1n) is 5.18. The predicted octanol–water partition coefficient (Wildman–Crippen LogP) is 2.47. The van der Waals surface area contributed by atoms with Gasteiger partial charge >= 0.3 is 0 Å². The van der Waals surface area contributed by atoms with Crippen LogP contribution in [0.3, 0.4) is 0 Å². The van der Waals surface area contributed by atoms with Crippen molar-refractivity contribution in [2.24, 2.45) is 0 Å². The third-order valence-electron chi connectivity index (χ3n) is 2.70. The quantitative estimate of drug-likeness (QED) is 0.835. The number of aromatic amines is 1. The number of ether oxygens (including phenoxy) is 1. The first-order valence-corrected chi connectivity index (χ1v) is 5.59. The zero-order chi connectivity index (χ0) is 11.7. The van der Waals surface area contributed by atoms with Gasteiger partial charge in [0.1, 0.15) is 11.8 Å². The Morgan fingerprint density at radius 3 is 2.94 bits per heavy atom. The summed E-state index contributed by atoms with van der Waals surface area (Å²) in [5.74, 6) is 0.526. The summed E-state index contributed by atoms with van der Waals surface area (Å²) in [6, 6.07) is 0.306. The van der Waals surface area contributed by atoms with Crippen LogP contribution in [0.4, 0.5) is 0 Å².